The van der Waals surface area contributed by atoms with Crippen LogP contribution in [0.5, 0.6) is 0 Å². The van der Waals surface area contributed by atoms with Crippen molar-refractivity contribution in [1.82, 2.24) is 0 Å². The lowest BCUT2D eigenvalue weighted by atomic mass is 9.81. The van der Waals surface area contributed by atoms with Crippen molar-refractivity contribution >= 4 is 11.9 Å². The van der Waals surface area contributed by atoms with Crippen LogP contribution in [0, 0.1) is 5.41 Å². The van der Waals surface area contributed by atoms with Crippen LogP contribution in [0.15, 0.2) is 0 Å². The standard InChI is InChI=1S/C7H14N2O3/c1-7(2,3-4(10)11)5(8)6(9)12/h5H,3,8H2,1-2H3,(H2,9,12)(H,10,11). The van der Waals surface area contributed by atoms with E-state index in [1.54, 1.807) is 13.8 Å². The second-order valence-electron chi connectivity index (χ2n) is 3.44. The third-order valence-corrected chi connectivity index (χ3v) is 1.76. The van der Waals surface area contributed by atoms with Crippen LogP contribution in [0.2, 0.25) is 0 Å². The maximum Gasteiger partial charge on any atom is 0.303 e. The van der Waals surface area contributed by atoms with Gasteiger partial charge < -0.3 is 16.6 Å². The number of amides is 1. The highest BCUT2D eigenvalue weighted by atomic mass is 16.4. The number of nitrogens with two attached hydrogens (primary N) is 2. The summed E-state index contributed by atoms with van der Waals surface area (Å²) in [6.45, 7) is 3.19. The Kier molecular flexibility index (Phi) is 3.21. The number of hydrogen-bond donors (Lipinski definition) is 3. The predicted octanol–water partition coefficient (Wildman–Crippen LogP) is -0.700. The minimum absolute atomic E-state index is 0.170. The van der Waals surface area contributed by atoms with Gasteiger partial charge in [0.05, 0.1) is 12.5 Å². The highest BCUT2D eigenvalue weighted by Crippen LogP contribution is 2.23. The number of rotatable bonds is 4. The Hall–Kier alpha value is -1.10. The first-order chi connectivity index (χ1) is 5.27. The molecule has 0 aromatic carbocycles. The van der Waals surface area contributed by atoms with E-state index in [9.17, 15) is 9.59 Å². The summed E-state index contributed by atoms with van der Waals surface area (Å²) in [5, 5.41) is 8.47. The van der Waals surface area contributed by atoms with Gasteiger partial charge in [-0.1, -0.05) is 13.8 Å². The Morgan fingerprint density at radius 1 is 1.50 bits per heavy atom. The molecule has 1 atom stereocenters. The summed E-state index contributed by atoms with van der Waals surface area (Å²) >= 11 is 0. The third-order valence-electron chi connectivity index (χ3n) is 1.76. The van der Waals surface area contributed by atoms with Gasteiger partial charge in [-0.05, 0) is 5.41 Å². The third kappa shape index (κ3) is 2.87. The van der Waals surface area contributed by atoms with E-state index in [4.69, 9.17) is 16.6 Å². The van der Waals surface area contributed by atoms with Crippen LogP contribution in [0.25, 0.3) is 0 Å². The second-order valence-corrected chi connectivity index (χ2v) is 3.44. The van der Waals surface area contributed by atoms with E-state index in [1.807, 2.05) is 0 Å². The van der Waals surface area contributed by atoms with Gasteiger partial charge in [0.2, 0.25) is 5.91 Å². The van der Waals surface area contributed by atoms with Crippen LogP contribution >= 0.6 is 0 Å². The number of carbonyl (C=O) groups excluding carboxylic acids is 1. The molecule has 0 aliphatic carbocycles. The average Bonchev–Trinajstić information content (AvgIpc) is 1.82. The number of hydrogen-bond acceptors (Lipinski definition) is 3. The van der Waals surface area contributed by atoms with E-state index in [2.05, 4.69) is 0 Å². The second kappa shape index (κ2) is 3.53. The molecule has 0 rings (SSSR count). The SMILES string of the molecule is CC(C)(CC(=O)O)C(N)C(N)=O. The summed E-state index contributed by atoms with van der Waals surface area (Å²) in [4.78, 5) is 21.0. The molecule has 0 saturated heterocycles. The van der Waals surface area contributed by atoms with Gasteiger partial charge in [0.25, 0.3) is 0 Å². The number of primary amides is 1. The maximum atomic E-state index is 10.6. The summed E-state index contributed by atoms with van der Waals surface area (Å²) in [6.07, 6.45) is -0.170. The van der Waals surface area contributed by atoms with Crippen molar-refractivity contribution < 1.29 is 14.7 Å². The Bertz CT molecular complexity index is 201. The van der Waals surface area contributed by atoms with Crippen LogP contribution in [0.4, 0.5) is 0 Å². The van der Waals surface area contributed by atoms with E-state index in [1.165, 1.54) is 0 Å². The van der Waals surface area contributed by atoms with Crippen molar-refractivity contribution in [1.29, 1.82) is 0 Å². The summed E-state index contributed by atoms with van der Waals surface area (Å²) in [5.74, 6) is -1.67. The van der Waals surface area contributed by atoms with E-state index >= 15 is 0 Å². The van der Waals surface area contributed by atoms with Gasteiger partial charge in [0.15, 0.2) is 0 Å². The van der Waals surface area contributed by atoms with Crippen molar-refractivity contribution in [2.45, 2.75) is 26.3 Å². The first kappa shape index (κ1) is 10.9. The maximum absolute atomic E-state index is 10.6. The van der Waals surface area contributed by atoms with Crippen LogP contribution in [0.1, 0.15) is 20.3 Å². The molecule has 0 spiro atoms. The predicted molar refractivity (Wildman–Crippen MR) is 43.2 cm³/mol. The summed E-state index contributed by atoms with van der Waals surface area (Å²) in [7, 11) is 0. The summed E-state index contributed by atoms with van der Waals surface area (Å²) in [6, 6.07) is -0.923. The molecule has 70 valence electrons. The van der Waals surface area contributed by atoms with Crippen molar-refractivity contribution in [3.8, 4) is 0 Å². The molecule has 1 unspecified atom stereocenters. The molecule has 0 aliphatic heterocycles. The fourth-order valence-electron chi connectivity index (χ4n) is 0.885. The van der Waals surface area contributed by atoms with Gasteiger partial charge in [-0.2, -0.15) is 0 Å². The zero-order valence-corrected chi connectivity index (χ0v) is 7.20. The molecule has 12 heavy (non-hydrogen) atoms. The first-order valence-electron chi connectivity index (χ1n) is 3.54. The van der Waals surface area contributed by atoms with Crippen LogP contribution in [-0.2, 0) is 9.59 Å². The van der Waals surface area contributed by atoms with E-state index < -0.39 is 23.3 Å². The largest absolute Gasteiger partial charge is 0.481 e. The average molecular weight is 174 g/mol. The van der Waals surface area contributed by atoms with Crippen molar-refractivity contribution in [3.63, 3.8) is 0 Å². The van der Waals surface area contributed by atoms with Crippen molar-refractivity contribution in [3.05, 3.63) is 0 Å². The molecule has 0 aliphatic rings. The van der Waals surface area contributed by atoms with Gasteiger partial charge in [-0.3, -0.25) is 9.59 Å². The van der Waals surface area contributed by atoms with E-state index in [-0.39, 0.29) is 6.42 Å². The summed E-state index contributed by atoms with van der Waals surface area (Å²) in [5.41, 5.74) is 9.55. The highest BCUT2D eigenvalue weighted by Gasteiger charge is 2.32. The van der Waals surface area contributed by atoms with Gasteiger partial charge >= 0.3 is 5.97 Å². The molecular formula is C7H14N2O3. The number of carboxylic acids is 1. The Labute approximate surface area is 70.7 Å². The molecule has 5 heteroatoms. The van der Waals surface area contributed by atoms with Crippen molar-refractivity contribution in [2.24, 2.45) is 16.9 Å². The number of carbonyl (C=O) groups is 2. The molecule has 0 heterocycles. The monoisotopic (exact) mass is 174 g/mol. The Morgan fingerprint density at radius 2 is 1.92 bits per heavy atom. The zero-order chi connectivity index (χ0) is 9.94. The van der Waals surface area contributed by atoms with Crippen LogP contribution in [-0.4, -0.2) is 23.0 Å². The van der Waals surface area contributed by atoms with E-state index in [0.29, 0.717) is 0 Å². The number of carboxylic acid groups (broad SMARTS) is 1. The minimum Gasteiger partial charge on any atom is -0.481 e. The molecule has 5 N–H and O–H groups in total. The zero-order valence-electron chi connectivity index (χ0n) is 7.20. The smallest absolute Gasteiger partial charge is 0.303 e. The first-order valence-corrected chi connectivity index (χ1v) is 3.54. The molecule has 1 amide bonds. The normalized spacial score (nSPS) is 13.9. The fourth-order valence-corrected chi connectivity index (χ4v) is 0.885. The van der Waals surface area contributed by atoms with Gasteiger partial charge in [0, 0.05) is 0 Å². The van der Waals surface area contributed by atoms with Gasteiger partial charge in [-0.25, -0.2) is 0 Å². The molecule has 0 fully saturated rings. The molecule has 0 bridgehead atoms. The quantitative estimate of drug-likeness (QED) is 0.523. The lowest BCUT2D eigenvalue weighted by molar-refractivity contribution is -0.140. The Morgan fingerprint density at radius 3 is 2.17 bits per heavy atom. The molecule has 0 saturated carbocycles. The molecular weight excluding hydrogens is 160 g/mol. The molecule has 5 nitrogen and oxygen atoms in total. The van der Waals surface area contributed by atoms with E-state index in [0.717, 1.165) is 0 Å². The van der Waals surface area contributed by atoms with Crippen LogP contribution < -0.4 is 11.5 Å². The lowest BCUT2D eigenvalue weighted by Gasteiger charge is -2.27. The highest BCUT2D eigenvalue weighted by molar-refractivity contribution is 5.81. The molecule has 0 aromatic heterocycles. The fraction of sp³-hybridized carbons (Fsp3) is 0.714. The lowest BCUT2D eigenvalue weighted by Crippen LogP contribution is -2.48. The Balaban J connectivity index is 4.38. The van der Waals surface area contributed by atoms with Crippen LogP contribution in [0.3, 0.4) is 0 Å². The minimum atomic E-state index is -0.989. The topological polar surface area (TPSA) is 106 Å². The van der Waals surface area contributed by atoms with Gasteiger partial charge in [0.1, 0.15) is 0 Å². The summed E-state index contributed by atoms with van der Waals surface area (Å²) < 4.78 is 0. The molecule has 0 radical (unpaired) electrons. The van der Waals surface area contributed by atoms with Gasteiger partial charge in [-0.15, -0.1) is 0 Å². The van der Waals surface area contributed by atoms with Crippen molar-refractivity contribution in [2.75, 3.05) is 0 Å². The number of aliphatic carboxylic acids is 1. The molecule has 0 aromatic rings.